The van der Waals surface area contributed by atoms with Crippen molar-refractivity contribution < 1.29 is 17.9 Å². The second-order valence-electron chi connectivity index (χ2n) is 8.94. The lowest BCUT2D eigenvalue weighted by Crippen LogP contribution is -2.51. The van der Waals surface area contributed by atoms with E-state index in [0.717, 1.165) is 31.9 Å². The van der Waals surface area contributed by atoms with Crippen LogP contribution in [0.25, 0.3) is 6.08 Å². The third kappa shape index (κ3) is 6.91. The molecule has 0 unspecified atom stereocenters. The van der Waals surface area contributed by atoms with Crippen LogP contribution in [-0.4, -0.2) is 94.5 Å². The Kier molecular flexibility index (Phi) is 8.56. The van der Waals surface area contributed by atoms with E-state index < -0.39 is 10.0 Å². The molecule has 0 spiro atoms. The zero-order chi connectivity index (χ0) is 24.7. The van der Waals surface area contributed by atoms with Crippen LogP contribution in [0.4, 0.5) is 5.69 Å². The van der Waals surface area contributed by atoms with Crippen LogP contribution in [0.2, 0.25) is 0 Å². The van der Waals surface area contributed by atoms with Gasteiger partial charge >= 0.3 is 0 Å². The zero-order valence-corrected chi connectivity index (χ0v) is 21.1. The summed E-state index contributed by atoms with van der Waals surface area (Å²) in [6.45, 7) is 5.55. The van der Waals surface area contributed by atoms with Gasteiger partial charge in [0.25, 0.3) is 0 Å². The minimum absolute atomic E-state index is 0.0215. The Labute approximate surface area is 208 Å². The second kappa shape index (κ2) is 11.8. The van der Waals surface area contributed by atoms with Crippen LogP contribution >= 0.6 is 0 Å². The third-order valence-corrected chi connectivity index (χ3v) is 7.94. The Bertz CT molecular complexity index is 1110. The van der Waals surface area contributed by atoms with Gasteiger partial charge < -0.3 is 14.5 Å². The van der Waals surface area contributed by atoms with Gasteiger partial charge in [0.2, 0.25) is 15.9 Å². The molecule has 1 amide bonds. The number of rotatable bonds is 8. The van der Waals surface area contributed by atoms with Crippen molar-refractivity contribution in [2.45, 2.75) is 6.54 Å². The number of anilines is 1. The van der Waals surface area contributed by atoms with Crippen LogP contribution in [0, 0.1) is 0 Å². The first-order valence-corrected chi connectivity index (χ1v) is 13.5. The third-order valence-electron chi connectivity index (χ3n) is 6.37. The van der Waals surface area contributed by atoms with Gasteiger partial charge in [-0.25, -0.2) is 8.42 Å². The molecule has 0 saturated carbocycles. The van der Waals surface area contributed by atoms with Crippen LogP contribution in [0.5, 0.6) is 0 Å². The number of hydrogen-bond acceptors (Lipinski definition) is 6. The number of amides is 1. The molecule has 0 atom stereocenters. The summed E-state index contributed by atoms with van der Waals surface area (Å²) in [6, 6.07) is 17.7. The van der Waals surface area contributed by atoms with Crippen molar-refractivity contribution in [3.8, 4) is 0 Å². The maximum atomic E-state index is 12.9. The molecule has 35 heavy (non-hydrogen) atoms. The van der Waals surface area contributed by atoms with E-state index >= 15 is 0 Å². The van der Waals surface area contributed by atoms with Gasteiger partial charge in [0, 0.05) is 56.9 Å². The van der Waals surface area contributed by atoms with E-state index in [-0.39, 0.29) is 12.5 Å². The summed E-state index contributed by atoms with van der Waals surface area (Å²) in [6.07, 6.45) is 1.61. The molecule has 2 fully saturated rings. The molecule has 2 saturated heterocycles. The lowest BCUT2D eigenvalue weighted by Gasteiger charge is -2.34. The number of carbonyl (C=O) groups excluding carboxylic acids is 1. The van der Waals surface area contributed by atoms with Crippen molar-refractivity contribution in [1.29, 1.82) is 0 Å². The minimum atomic E-state index is -3.52. The van der Waals surface area contributed by atoms with E-state index in [4.69, 9.17) is 4.74 Å². The largest absolute Gasteiger partial charge is 0.378 e. The SMILES string of the molecule is CN(CC(=O)N1CCN(S(=O)(=O)/C=C/c2ccccc2)CC1)Cc1ccccc1N1CCOCC1. The lowest BCUT2D eigenvalue weighted by atomic mass is 10.1. The molecule has 4 rings (SSSR count). The van der Waals surface area contributed by atoms with Gasteiger partial charge in [-0.3, -0.25) is 9.69 Å². The number of morpholine rings is 1. The molecule has 8 nitrogen and oxygen atoms in total. The Hall–Kier alpha value is -2.72. The predicted octanol–water partition coefficient (Wildman–Crippen LogP) is 2.10. The summed E-state index contributed by atoms with van der Waals surface area (Å²) in [5.74, 6) is 0.0215. The molecule has 0 radical (unpaired) electrons. The fourth-order valence-corrected chi connectivity index (χ4v) is 5.62. The van der Waals surface area contributed by atoms with Crippen LogP contribution in [0.1, 0.15) is 11.1 Å². The smallest absolute Gasteiger partial charge is 0.236 e. The molecule has 9 heteroatoms. The number of hydrogen-bond donors (Lipinski definition) is 0. The molecule has 2 aromatic rings. The average molecular weight is 499 g/mol. The van der Waals surface area contributed by atoms with Gasteiger partial charge in [0.05, 0.1) is 19.8 Å². The normalized spacial score (nSPS) is 17.9. The number of sulfonamides is 1. The Balaban J connectivity index is 1.28. The summed E-state index contributed by atoms with van der Waals surface area (Å²) >= 11 is 0. The molecule has 0 aromatic heterocycles. The maximum Gasteiger partial charge on any atom is 0.236 e. The Morgan fingerprint density at radius 2 is 1.60 bits per heavy atom. The van der Waals surface area contributed by atoms with Crippen molar-refractivity contribution in [1.82, 2.24) is 14.1 Å². The number of para-hydroxylation sites is 1. The van der Waals surface area contributed by atoms with Crippen molar-refractivity contribution in [3.63, 3.8) is 0 Å². The topological polar surface area (TPSA) is 73.4 Å². The molecule has 0 N–H and O–H groups in total. The number of likely N-dealkylation sites (N-methyl/N-ethyl adjacent to an activating group) is 1. The molecule has 188 valence electrons. The monoisotopic (exact) mass is 498 g/mol. The summed E-state index contributed by atoms with van der Waals surface area (Å²) in [7, 11) is -1.57. The lowest BCUT2D eigenvalue weighted by molar-refractivity contribution is -0.133. The fraction of sp³-hybridized carbons (Fsp3) is 0.423. The van der Waals surface area contributed by atoms with E-state index in [9.17, 15) is 13.2 Å². The molecular weight excluding hydrogens is 464 g/mol. The summed E-state index contributed by atoms with van der Waals surface area (Å²) in [5.41, 5.74) is 3.21. The Morgan fingerprint density at radius 1 is 0.943 bits per heavy atom. The predicted molar refractivity (Wildman–Crippen MR) is 138 cm³/mol. The van der Waals surface area contributed by atoms with E-state index in [2.05, 4.69) is 17.0 Å². The van der Waals surface area contributed by atoms with E-state index in [1.165, 1.54) is 21.0 Å². The molecule has 0 aliphatic carbocycles. The number of ether oxygens (including phenoxy) is 1. The molecule has 2 aliphatic rings. The van der Waals surface area contributed by atoms with Crippen LogP contribution < -0.4 is 4.90 Å². The zero-order valence-electron chi connectivity index (χ0n) is 20.3. The van der Waals surface area contributed by atoms with Crippen molar-refractivity contribution >= 4 is 27.7 Å². The van der Waals surface area contributed by atoms with Crippen LogP contribution in [0.15, 0.2) is 60.0 Å². The molecular formula is C26H34N4O4S. The molecule has 0 bridgehead atoms. The van der Waals surface area contributed by atoms with Gasteiger partial charge in [-0.1, -0.05) is 48.5 Å². The number of benzene rings is 2. The summed E-state index contributed by atoms with van der Waals surface area (Å²) in [4.78, 5) is 19.0. The quantitative estimate of drug-likeness (QED) is 0.555. The summed E-state index contributed by atoms with van der Waals surface area (Å²) in [5, 5.41) is 1.25. The highest BCUT2D eigenvalue weighted by Gasteiger charge is 2.28. The van der Waals surface area contributed by atoms with Crippen molar-refractivity contribution in [3.05, 3.63) is 71.1 Å². The maximum absolute atomic E-state index is 12.9. The Morgan fingerprint density at radius 3 is 2.31 bits per heavy atom. The number of piperazine rings is 1. The minimum Gasteiger partial charge on any atom is -0.378 e. The van der Waals surface area contributed by atoms with Crippen molar-refractivity contribution in [2.75, 3.05) is 71.0 Å². The standard InChI is InChI=1S/C26H34N4O4S/c1-27(21-24-9-5-6-10-25(24)28-16-18-34-19-17-28)22-26(31)29-12-14-30(15-13-29)35(32,33)20-11-23-7-3-2-4-8-23/h2-11,20H,12-19,21-22H2,1H3/b20-11+. The van der Waals surface area contributed by atoms with Gasteiger partial charge in [-0.05, 0) is 30.3 Å². The highest BCUT2D eigenvalue weighted by Crippen LogP contribution is 2.23. The molecule has 2 aliphatic heterocycles. The number of nitrogens with zero attached hydrogens (tertiary/aromatic N) is 4. The highest BCUT2D eigenvalue weighted by atomic mass is 32.2. The average Bonchev–Trinajstić information content (AvgIpc) is 2.89. The van der Waals surface area contributed by atoms with Gasteiger partial charge in [0.15, 0.2) is 0 Å². The first kappa shape index (κ1) is 25.4. The number of carbonyl (C=O) groups is 1. The van der Waals surface area contributed by atoms with Crippen LogP contribution in [0.3, 0.4) is 0 Å². The van der Waals surface area contributed by atoms with E-state index in [1.807, 2.05) is 54.4 Å². The second-order valence-corrected chi connectivity index (χ2v) is 10.8. The van der Waals surface area contributed by atoms with E-state index in [1.54, 1.807) is 11.0 Å². The fourth-order valence-electron chi connectivity index (χ4n) is 4.44. The van der Waals surface area contributed by atoms with Crippen LogP contribution in [-0.2, 0) is 26.1 Å². The van der Waals surface area contributed by atoms with Gasteiger partial charge in [-0.15, -0.1) is 0 Å². The van der Waals surface area contributed by atoms with Gasteiger partial charge in [-0.2, -0.15) is 4.31 Å². The highest BCUT2D eigenvalue weighted by molar-refractivity contribution is 7.92. The van der Waals surface area contributed by atoms with Crippen molar-refractivity contribution in [2.24, 2.45) is 0 Å². The van der Waals surface area contributed by atoms with E-state index in [0.29, 0.717) is 32.7 Å². The van der Waals surface area contributed by atoms with Gasteiger partial charge in [0.1, 0.15) is 0 Å². The summed E-state index contributed by atoms with van der Waals surface area (Å²) < 4.78 is 32.3. The molecule has 2 aromatic carbocycles. The first-order chi connectivity index (χ1) is 16.9. The first-order valence-electron chi connectivity index (χ1n) is 12.0. The molecule has 2 heterocycles.